The SMILES string of the molecule is CC12COCC1CN(S(=O)(=O)c1ccc(C(=O)O)nc1)C2. The van der Waals surface area contributed by atoms with E-state index < -0.39 is 16.0 Å². The van der Waals surface area contributed by atoms with Crippen molar-refractivity contribution >= 4 is 16.0 Å². The summed E-state index contributed by atoms with van der Waals surface area (Å²) in [5, 5.41) is 8.80. The Balaban J connectivity index is 1.86. The minimum absolute atomic E-state index is 0.0250. The third kappa shape index (κ3) is 2.33. The fraction of sp³-hybridized carbons (Fsp3) is 0.538. The lowest BCUT2D eigenvalue weighted by molar-refractivity contribution is 0.0690. The summed E-state index contributed by atoms with van der Waals surface area (Å²) in [4.78, 5) is 14.5. The first kappa shape index (κ1) is 14.4. The first-order valence-electron chi connectivity index (χ1n) is 6.60. The van der Waals surface area contributed by atoms with E-state index >= 15 is 0 Å². The molecular formula is C13H16N2O5S. The van der Waals surface area contributed by atoms with Crippen molar-refractivity contribution in [3.8, 4) is 0 Å². The van der Waals surface area contributed by atoms with E-state index in [2.05, 4.69) is 4.98 Å². The highest BCUT2D eigenvalue weighted by atomic mass is 32.2. The molecule has 1 aromatic rings. The Hall–Kier alpha value is -1.51. The molecule has 2 aliphatic rings. The maximum Gasteiger partial charge on any atom is 0.354 e. The number of sulfonamides is 1. The van der Waals surface area contributed by atoms with E-state index in [0.29, 0.717) is 26.3 Å². The predicted molar refractivity (Wildman–Crippen MR) is 72.4 cm³/mol. The molecule has 1 aromatic heterocycles. The summed E-state index contributed by atoms with van der Waals surface area (Å²) in [6.45, 7) is 4.03. The Bertz CT molecular complexity index is 672. The highest BCUT2D eigenvalue weighted by Gasteiger charge is 2.50. The van der Waals surface area contributed by atoms with Crippen LogP contribution >= 0.6 is 0 Å². The summed E-state index contributed by atoms with van der Waals surface area (Å²) in [6, 6.07) is 2.50. The molecule has 0 aliphatic carbocycles. The Kier molecular flexibility index (Phi) is 3.27. The number of hydrogen-bond donors (Lipinski definition) is 1. The highest BCUT2D eigenvalue weighted by molar-refractivity contribution is 7.89. The summed E-state index contributed by atoms with van der Waals surface area (Å²) in [7, 11) is -3.64. The fourth-order valence-corrected chi connectivity index (χ4v) is 4.47. The molecule has 0 saturated carbocycles. The molecule has 0 spiro atoms. The fourth-order valence-electron chi connectivity index (χ4n) is 2.91. The van der Waals surface area contributed by atoms with E-state index in [9.17, 15) is 13.2 Å². The van der Waals surface area contributed by atoms with Gasteiger partial charge in [-0.2, -0.15) is 4.31 Å². The molecule has 0 radical (unpaired) electrons. The van der Waals surface area contributed by atoms with E-state index in [1.807, 2.05) is 6.92 Å². The summed E-state index contributed by atoms with van der Waals surface area (Å²) >= 11 is 0. The van der Waals surface area contributed by atoms with Gasteiger partial charge in [0.15, 0.2) is 0 Å². The second kappa shape index (κ2) is 4.75. The van der Waals surface area contributed by atoms with E-state index in [4.69, 9.17) is 9.84 Å². The average molecular weight is 312 g/mol. The topological polar surface area (TPSA) is 96.8 Å². The van der Waals surface area contributed by atoms with Gasteiger partial charge in [-0.25, -0.2) is 18.2 Å². The van der Waals surface area contributed by atoms with Gasteiger partial charge in [0.1, 0.15) is 10.6 Å². The van der Waals surface area contributed by atoms with Crippen LogP contribution < -0.4 is 0 Å². The number of pyridine rings is 1. The van der Waals surface area contributed by atoms with Crippen LogP contribution in [-0.4, -0.2) is 55.1 Å². The number of carboxylic acid groups (broad SMARTS) is 1. The van der Waals surface area contributed by atoms with Gasteiger partial charge < -0.3 is 9.84 Å². The van der Waals surface area contributed by atoms with Crippen LogP contribution in [0.4, 0.5) is 0 Å². The minimum Gasteiger partial charge on any atom is -0.477 e. The number of hydrogen-bond acceptors (Lipinski definition) is 5. The molecule has 114 valence electrons. The zero-order valence-electron chi connectivity index (χ0n) is 11.5. The Morgan fingerprint density at radius 3 is 2.86 bits per heavy atom. The van der Waals surface area contributed by atoms with Crippen molar-refractivity contribution in [3.63, 3.8) is 0 Å². The number of aromatic carboxylic acids is 1. The van der Waals surface area contributed by atoms with E-state index in [1.165, 1.54) is 16.4 Å². The molecule has 2 aliphatic heterocycles. The Morgan fingerprint density at radius 1 is 1.52 bits per heavy atom. The van der Waals surface area contributed by atoms with Gasteiger partial charge in [0, 0.05) is 30.6 Å². The number of carboxylic acids is 1. The van der Waals surface area contributed by atoms with Crippen LogP contribution in [-0.2, 0) is 14.8 Å². The third-order valence-corrected chi connectivity index (χ3v) is 6.09. The summed E-state index contributed by atoms with van der Waals surface area (Å²) in [5.41, 5.74) is -0.311. The van der Waals surface area contributed by atoms with E-state index in [1.54, 1.807) is 0 Å². The lowest BCUT2D eigenvalue weighted by Gasteiger charge is -2.21. The lowest BCUT2D eigenvalue weighted by atomic mass is 9.83. The van der Waals surface area contributed by atoms with Crippen LogP contribution in [0.15, 0.2) is 23.2 Å². The normalized spacial score (nSPS) is 29.5. The molecule has 2 saturated heterocycles. The average Bonchev–Trinajstić information content (AvgIpc) is 2.94. The van der Waals surface area contributed by atoms with E-state index in [-0.39, 0.29) is 21.9 Å². The standard InChI is InChI=1S/C13H16N2O5S/c1-13-7-15(5-9(13)6-20-8-13)21(18,19)10-2-3-11(12(16)17)14-4-10/h2-4,9H,5-8H2,1H3,(H,16,17). The monoisotopic (exact) mass is 312 g/mol. The van der Waals surface area contributed by atoms with Crippen molar-refractivity contribution < 1.29 is 23.1 Å². The number of aromatic nitrogens is 1. The highest BCUT2D eigenvalue weighted by Crippen LogP contribution is 2.42. The van der Waals surface area contributed by atoms with Crippen molar-refractivity contribution in [2.45, 2.75) is 11.8 Å². The van der Waals surface area contributed by atoms with E-state index in [0.717, 1.165) is 6.20 Å². The quantitative estimate of drug-likeness (QED) is 0.869. The van der Waals surface area contributed by atoms with Crippen molar-refractivity contribution in [2.75, 3.05) is 26.3 Å². The van der Waals surface area contributed by atoms with Crippen molar-refractivity contribution in [1.82, 2.24) is 9.29 Å². The Morgan fingerprint density at radius 2 is 2.29 bits per heavy atom. The number of rotatable bonds is 3. The zero-order chi connectivity index (χ0) is 15.3. The van der Waals surface area contributed by atoms with Gasteiger partial charge in [0.2, 0.25) is 10.0 Å². The number of ether oxygens (including phenoxy) is 1. The van der Waals surface area contributed by atoms with Crippen LogP contribution in [0.2, 0.25) is 0 Å². The zero-order valence-corrected chi connectivity index (χ0v) is 12.3. The molecule has 2 atom stereocenters. The smallest absolute Gasteiger partial charge is 0.354 e. The van der Waals surface area contributed by atoms with Gasteiger partial charge in [0.05, 0.1) is 13.2 Å². The Labute approximate surface area is 122 Å². The van der Waals surface area contributed by atoms with Gasteiger partial charge in [-0.05, 0) is 12.1 Å². The first-order chi connectivity index (χ1) is 9.83. The lowest BCUT2D eigenvalue weighted by Crippen LogP contribution is -2.32. The number of carbonyl (C=O) groups is 1. The molecule has 7 nitrogen and oxygen atoms in total. The first-order valence-corrected chi connectivity index (χ1v) is 8.04. The molecule has 3 rings (SSSR count). The van der Waals surface area contributed by atoms with Crippen LogP contribution in [0, 0.1) is 11.3 Å². The second-order valence-corrected chi connectivity index (χ2v) is 7.79. The van der Waals surface area contributed by atoms with Crippen molar-refractivity contribution in [1.29, 1.82) is 0 Å². The molecule has 21 heavy (non-hydrogen) atoms. The van der Waals surface area contributed by atoms with Crippen LogP contribution in [0.25, 0.3) is 0 Å². The molecule has 8 heteroatoms. The second-order valence-electron chi connectivity index (χ2n) is 5.85. The van der Waals surface area contributed by atoms with Crippen molar-refractivity contribution in [3.05, 3.63) is 24.0 Å². The molecule has 1 N–H and O–H groups in total. The van der Waals surface area contributed by atoms with Gasteiger partial charge in [-0.1, -0.05) is 6.92 Å². The van der Waals surface area contributed by atoms with Gasteiger partial charge in [0.25, 0.3) is 0 Å². The minimum atomic E-state index is -3.64. The number of nitrogens with zero attached hydrogens (tertiary/aromatic N) is 2. The number of fused-ring (bicyclic) bond motifs is 1. The third-order valence-electron chi connectivity index (χ3n) is 4.29. The van der Waals surface area contributed by atoms with Crippen LogP contribution in [0.1, 0.15) is 17.4 Å². The summed E-state index contributed by atoms with van der Waals surface area (Å²) in [5.74, 6) is -0.974. The van der Waals surface area contributed by atoms with Crippen molar-refractivity contribution in [2.24, 2.45) is 11.3 Å². The maximum atomic E-state index is 12.6. The van der Waals surface area contributed by atoms with Gasteiger partial charge >= 0.3 is 5.97 Å². The molecule has 0 bridgehead atoms. The summed E-state index contributed by atoms with van der Waals surface area (Å²) in [6.07, 6.45) is 1.10. The molecule has 3 heterocycles. The predicted octanol–water partition coefficient (Wildman–Crippen LogP) is 0.437. The summed E-state index contributed by atoms with van der Waals surface area (Å²) < 4.78 is 32.0. The van der Waals surface area contributed by atoms with Crippen LogP contribution in [0.3, 0.4) is 0 Å². The molecule has 2 unspecified atom stereocenters. The largest absolute Gasteiger partial charge is 0.477 e. The molecule has 2 fully saturated rings. The maximum absolute atomic E-state index is 12.6. The molecule has 0 amide bonds. The van der Waals surface area contributed by atoms with Gasteiger partial charge in [-0.15, -0.1) is 0 Å². The molecule has 0 aromatic carbocycles. The van der Waals surface area contributed by atoms with Gasteiger partial charge in [-0.3, -0.25) is 0 Å². The van der Waals surface area contributed by atoms with Crippen LogP contribution in [0.5, 0.6) is 0 Å². The molecular weight excluding hydrogens is 296 g/mol.